The van der Waals surface area contributed by atoms with Gasteiger partial charge in [0.15, 0.2) is 0 Å². The van der Waals surface area contributed by atoms with Gasteiger partial charge in [0.1, 0.15) is 0 Å². The van der Waals surface area contributed by atoms with E-state index in [9.17, 15) is 9.90 Å². The molecule has 0 spiro atoms. The zero-order chi connectivity index (χ0) is 17.4. The van der Waals surface area contributed by atoms with Gasteiger partial charge in [0.2, 0.25) is 0 Å². The van der Waals surface area contributed by atoms with Crippen LogP contribution in [0.4, 0.5) is 0 Å². The van der Waals surface area contributed by atoms with E-state index in [2.05, 4.69) is 23.6 Å². The summed E-state index contributed by atoms with van der Waals surface area (Å²) in [6.07, 6.45) is 0.422. The van der Waals surface area contributed by atoms with E-state index in [-0.39, 0.29) is 11.8 Å². The first-order valence-electron chi connectivity index (χ1n) is 8.62. The zero-order valence-corrected chi connectivity index (χ0v) is 14.9. The molecule has 1 fully saturated rings. The van der Waals surface area contributed by atoms with Gasteiger partial charge in [-0.1, -0.05) is 25.1 Å². The number of aryl methyl sites for hydroxylation is 2. The lowest BCUT2D eigenvalue weighted by atomic mass is 9.95. The number of likely N-dealkylation sites (tertiary alicyclic amines) is 1. The molecule has 128 valence electrons. The Hall–Kier alpha value is -2.07. The highest BCUT2D eigenvalue weighted by Gasteiger charge is 2.29. The maximum atomic E-state index is 13.0. The van der Waals surface area contributed by atoms with Crippen molar-refractivity contribution in [3.8, 4) is 5.69 Å². The summed E-state index contributed by atoms with van der Waals surface area (Å²) < 4.78 is 2.14. The smallest absolute Gasteiger partial charge is 0.255 e. The number of carbonyl (C=O) groups excluding carboxylic acids is 1. The standard InChI is InChI=1S/C20H26N2O2/c1-13-7-5-6-8-18(13)22-15(3)11-17(16(22)4)20(24)21-10-9-14(2)19(23)12-21/h5-8,11,14,19,23H,9-10,12H2,1-4H3. The summed E-state index contributed by atoms with van der Waals surface area (Å²) in [5.74, 6) is 0.280. The number of aliphatic hydroxyl groups excluding tert-OH is 1. The van der Waals surface area contributed by atoms with E-state index < -0.39 is 6.10 Å². The third-order valence-corrected chi connectivity index (χ3v) is 5.22. The van der Waals surface area contributed by atoms with Gasteiger partial charge in [-0.2, -0.15) is 0 Å². The van der Waals surface area contributed by atoms with Gasteiger partial charge < -0.3 is 14.6 Å². The SMILES string of the molecule is Cc1ccccc1-n1c(C)cc(C(=O)N2CCC(C)C(O)C2)c1C. The summed E-state index contributed by atoms with van der Waals surface area (Å²) >= 11 is 0. The van der Waals surface area contributed by atoms with Crippen LogP contribution >= 0.6 is 0 Å². The second-order valence-electron chi connectivity index (χ2n) is 6.99. The minimum atomic E-state index is -0.428. The third-order valence-electron chi connectivity index (χ3n) is 5.22. The highest BCUT2D eigenvalue weighted by Crippen LogP contribution is 2.26. The molecule has 1 aromatic carbocycles. The lowest BCUT2D eigenvalue weighted by molar-refractivity contribution is 0.0248. The highest BCUT2D eigenvalue weighted by molar-refractivity contribution is 5.96. The summed E-state index contributed by atoms with van der Waals surface area (Å²) in [5, 5.41) is 10.1. The fourth-order valence-corrected chi connectivity index (χ4v) is 3.57. The summed E-state index contributed by atoms with van der Waals surface area (Å²) in [6, 6.07) is 10.2. The summed E-state index contributed by atoms with van der Waals surface area (Å²) in [7, 11) is 0. The van der Waals surface area contributed by atoms with Crippen LogP contribution in [0.25, 0.3) is 5.69 Å². The van der Waals surface area contributed by atoms with E-state index in [0.29, 0.717) is 13.1 Å². The van der Waals surface area contributed by atoms with Crippen molar-refractivity contribution in [1.29, 1.82) is 0 Å². The van der Waals surface area contributed by atoms with Crippen LogP contribution in [0.3, 0.4) is 0 Å². The number of aromatic nitrogens is 1. The first kappa shape index (κ1) is 16.8. The molecular formula is C20H26N2O2. The molecule has 4 heteroatoms. The number of piperidine rings is 1. The minimum absolute atomic E-state index is 0.0221. The number of benzene rings is 1. The lowest BCUT2D eigenvalue weighted by Gasteiger charge is -2.34. The van der Waals surface area contributed by atoms with E-state index in [0.717, 1.165) is 29.1 Å². The summed E-state index contributed by atoms with van der Waals surface area (Å²) in [5.41, 5.74) is 5.04. The van der Waals surface area contributed by atoms with E-state index in [1.165, 1.54) is 5.56 Å². The quantitative estimate of drug-likeness (QED) is 0.921. The van der Waals surface area contributed by atoms with Crippen molar-refractivity contribution in [2.75, 3.05) is 13.1 Å². The zero-order valence-electron chi connectivity index (χ0n) is 14.9. The second kappa shape index (κ2) is 6.44. The molecule has 3 rings (SSSR count). The summed E-state index contributed by atoms with van der Waals surface area (Å²) in [4.78, 5) is 14.7. The van der Waals surface area contributed by atoms with Crippen molar-refractivity contribution in [3.05, 3.63) is 52.8 Å². The van der Waals surface area contributed by atoms with Crippen molar-refractivity contribution in [2.24, 2.45) is 5.92 Å². The van der Waals surface area contributed by atoms with Crippen molar-refractivity contribution in [1.82, 2.24) is 9.47 Å². The van der Waals surface area contributed by atoms with E-state index >= 15 is 0 Å². The Labute approximate surface area is 143 Å². The average molecular weight is 326 g/mol. The molecule has 0 bridgehead atoms. The number of aliphatic hydroxyl groups is 1. The first-order chi connectivity index (χ1) is 11.4. The largest absolute Gasteiger partial charge is 0.391 e. The third kappa shape index (κ3) is 2.86. The molecule has 2 unspecified atom stereocenters. The van der Waals surface area contributed by atoms with Crippen LogP contribution in [-0.2, 0) is 0 Å². The number of rotatable bonds is 2. The van der Waals surface area contributed by atoms with Crippen molar-refractivity contribution in [2.45, 2.75) is 40.2 Å². The maximum absolute atomic E-state index is 13.0. The van der Waals surface area contributed by atoms with E-state index in [4.69, 9.17) is 0 Å². The normalized spacial score (nSPS) is 21.1. The molecule has 2 atom stereocenters. The van der Waals surface area contributed by atoms with Crippen LogP contribution in [0.2, 0.25) is 0 Å². The van der Waals surface area contributed by atoms with Gasteiger partial charge in [0, 0.05) is 30.2 Å². The molecular weight excluding hydrogens is 300 g/mol. The van der Waals surface area contributed by atoms with Gasteiger partial charge in [0.25, 0.3) is 5.91 Å². The average Bonchev–Trinajstić information content (AvgIpc) is 2.85. The Morgan fingerprint density at radius 1 is 1.21 bits per heavy atom. The van der Waals surface area contributed by atoms with Gasteiger partial charge in [-0.25, -0.2) is 0 Å². The molecule has 2 aromatic rings. The van der Waals surface area contributed by atoms with Crippen LogP contribution in [0.15, 0.2) is 30.3 Å². The number of carbonyl (C=O) groups is 1. The van der Waals surface area contributed by atoms with E-state index in [1.54, 1.807) is 4.90 Å². The second-order valence-corrected chi connectivity index (χ2v) is 6.99. The lowest BCUT2D eigenvalue weighted by Crippen LogP contribution is -2.45. The van der Waals surface area contributed by atoms with Crippen LogP contribution in [0.1, 0.15) is 40.7 Å². The van der Waals surface area contributed by atoms with Crippen molar-refractivity contribution < 1.29 is 9.90 Å². The fraction of sp³-hybridized carbons (Fsp3) is 0.450. The van der Waals surface area contributed by atoms with Crippen LogP contribution in [0, 0.1) is 26.7 Å². The molecule has 2 heterocycles. The van der Waals surface area contributed by atoms with Gasteiger partial charge in [-0.05, 0) is 50.8 Å². The predicted molar refractivity (Wildman–Crippen MR) is 95.7 cm³/mol. The Morgan fingerprint density at radius 2 is 1.92 bits per heavy atom. The van der Waals surface area contributed by atoms with E-state index in [1.807, 2.05) is 39.0 Å². The number of hydrogen-bond acceptors (Lipinski definition) is 2. The Balaban J connectivity index is 1.95. The van der Waals surface area contributed by atoms with Gasteiger partial charge >= 0.3 is 0 Å². The molecule has 0 radical (unpaired) electrons. The molecule has 0 saturated carbocycles. The monoisotopic (exact) mass is 326 g/mol. The van der Waals surface area contributed by atoms with Crippen LogP contribution in [0.5, 0.6) is 0 Å². The minimum Gasteiger partial charge on any atom is -0.391 e. The first-order valence-corrected chi connectivity index (χ1v) is 8.62. The number of para-hydroxylation sites is 1. The van der Waals surface area contributed by atoms with Gasteiger partial charge in [0.05, 0.1) is 11.7 Å². The molecule has 1 aromatic heterocycles. The number of nitrogens with zero attached hydrogens (tertiary/aromatic N) is 2. The Kier molecular flexibility index (Phi) is 4.50. The fourth-order valence-electron chi connectivity index (χ4n) is 3.57. The van der Waals surface area contributed by atoms with Crippen LogP contribution in [-0.4, -0.2) is 39.7 Å². The van der Waals surface area contributed by atoms with Crippen LogP contribution < -0.4 is 0 Å². The molecule has 1 saturated heterocycles. The number of amides is 1. The predicted octanol–water partition coefficient (Wildman–Crippen LogP) is 3.25. The molecule has 1 amide bonds. The maximum Gasteiger partial charge on any atom is 0.255 e. The molecule has 0 aliphatic carbocycles. The van der Waals surface area contributed by atoms with Crippen molar-refractivity contribution >= 4 is 5.91 Å². The summed E-state index contributed by atoms with van der Waals surface area (Å²) in [6.45, 7) is 9.28. The Bertz CT molecular complexity index is 763. The molecule has 1 N–H and O–H groups in total. The number of hydrogen-bond donors (Lipinski definition) is 1. The molecule has 24 heavy (non-hydrogen) atoms. The topological polar surface area (TPSA) is 45.5 Å². The molecule has 4 nitrogen and oxygen atoms in total. The Morgan fingerprint density at radius 3 is 2.58 bits per heavy atom. The molecule has 1 aliphatic heterocycles. The highest BCUT2D eigenvalue weighted by atomic mass is 16.3. The van der Waals surface area contributed by atoms with Gasteiger partial charge in [-0.15, -0.1) is 0 Å². The van der Waals surface area contributed by atoms with Crippen molar-refractivity contribution in [3.63, 3.8) is 0 Å². The number of β-amino-alcohol motifs (C(OH)–C–C–N with tert-alkyl or cyclic N) is 1. The van der Waals surface area contributed by atoms with Gasteiger partial charge in [-0.3, -0.25) is 4.79 Å². The molecule has 1 aliphatic rings.